The normalized spacial score (nSPS) is 15.9. The van der Waals surface area contributed by atoms with E-state index in [0.717, 1.165) is 30.4 Å². The fourth-order valence-corrected chi connectivity index (χ4v) is 3.27. The second kappa shape index (κ2) is 8.66. The molecule has 1 aromatic carbocycles. The highest BCUT2D eigenvalue weighted by atomic mass is 16.2. The van der Waals surface area contributed by atoms with Crippen molar-refractivity contribution in [2.24, 2.45) is 0 Å². The molecule has 6 heteroatoms. The lowest BCUT2D eigenvalue weighted by molar-refractivity contribution is -0.121. The number of carbonyl (C=O) groups excluding carboxylic acids is 2. The summed E-state index contributed by atoms with van der Waals surface area (Å²) in [5, 5.41) is 6.79. The van der Waals surface area contributed by atoms with Crippen LogP contribution >= 0.6 is 0 Å². The largest absolute Gasteiger partial charge is 0.358 e. The first-order chi connectivity index (χ1) is 13.1. The van der Waals surface area contributed by atoms with Crippen molar-refractivity contribution < 1.29 is 9.59 Å². The molecule has 0 spiro atoms. The predicted molar refractivity (Wildman–Crippen MR) is 105 cm³/mol. The summed E-state index contributed by atoms with van der Waals surface area (Å²) in [7, 11) is 1.60. The van der Waals surface area contributed by atoms with Crippen LogP contribution in [0.25, 0.3) is 11.1 Å². The van der Waals surface area contributed by atoms with Crippen molar-refractivity contribution in [2.75, 3.05) is 13.6 Å². The molecule has 0 bridgehead atoms. The summed E-state index contributed by atoms with van der Waals surface area (Å²) in [6.45, 7) is 3.04. The van der Waals surface area contributed by atoms with Gasteiger partial charge < -0.3 is 10.2 Å². The first-order valence-corrected chi connectivity index (χ1v) is 9.43. The van der Waals surface area contributed by atoms with E-state index in [1.54, 1.807) is 17.9 Å². The van der Waals surface area contributed by atoms with Crippen LogP contribution in [0.4, 0.5) is 0 Å². The van der Waals surface area contributed by atoms with E-state index in [2.05, 4.69) is 29.5 Å². The molecule has 0 unspecified atom stereocenters. The summed E-state index contributed by atoms with van der Waals surface area (Å²) in [6.07, 6.45) is 11.0. The Kier molecular flexibility index (Phi) is 6.06. The van der Waals surface area contributed by atoms with E-state index in [1.165, 1.54) is 0 Å². The summed E-state index contributed by atoms with van der Waals surface area (Å²) < 4.78 is 1.60. The molecule has 0 fully saturated rings. The van der Waals surface area contributed by atoms with Gasteiger partial charge in [0, 0.05) is 30.9 Å². The topological polar surface area (TPSA) is 67.2 Å². The molecule has 2 aromatic rings. The predicted octanol–water partition coefficient (Wildman–Crippen LogP) is 2.87. The molecule has 0 radical (unpaired) electrons. The average molecular weight is 366 g/mol. The van der Waals surface area contributed by atoms with Gasteiger partial charge in [-0.25, -0.2) is 0 Å². The van der Waals surface area contributed by atoms with Gasteiger partial charge in [-0.05, 0) is 24.1 Å². The van der Waals surface area contributed by atoms with Gasteiger partial charge in [0.1, 0.15) is 6.54 Å². The lowest BCUT2D eigenvalue weighted by atomic mass is 10.1. The van der Waals surface area contributed by atoms with Gasteiger partial charge in [0.25, 0.3) is 5.91 Å². The zero-order chi connectivity index (χ0) is 19.2. The van der Waals surface area contributed by atoms with Crippen molar-refractivity contribution in [2.45, 2.75) is 38.8 Å². The van der Waals surface area contributed by atoms with E-state index in [9.17, 15) is 9.59 Å². The van der Waals surface area contributed by atoms with Crippen LogP contribution in [0.15, 0.2) is 48.8 Å². The molecule has 2 amide bonds. The molecule has 6 nitrogen and oxygen atoms in total. The van der Waals surface area contributed by atoms with E-state index in [0.29, 0.717) is 12.1 Å². The van der Waals surface area contributed by atoms with Crippen molar-refractivity contribution in [3.63, 3.8) is 0 Å². The van der Waals surface area contributed by atoms with Crippen LogP contribution in [0.1, 0.15) is 36.5 Å². The van der Waals surface area contributed by atoms with Crippen LogP contribution < -0.4 is 5.32 Å². The van der Waals surface area contributed by atoms with Gasteiger partial charge in [-0.3, -0.25) is 14.3 Å². The number of hydrogen-bond donors (Lipinski definition) is 1. The molecule has 1 atom stereocenters. The molecular weight excluding hydrogens is 340 g/mol. The average Bonchev–Trinajstić information content (AvgIpc) is 3.35. The lowest BCUT2D eigenvalue weighted by Gasteiger charge is -2.24. The Bertz CT molecular complexity index is 823. The Hall–Kier alpha value is -2.89. The fourth-order valence-electron chi connectivity index (χ4n) is 3.27. The standard InChI is InChI=1S/C21H26N4O2/c1-3-4-6-19-7-5-12-25(19)21(27)17-10-8-16(9-11-17)18-13-23-24(14-18)15-20(26)22-2/h5,7-11,13-14,19H,3-4,6,12,15H2,1-2H3,(H,22,26)/t19-/m1/s1. The van der Waals surface area contributed by atoms with Crippen LogP contribution in [0.3, 0.4) is 0 Å². The van der Waals surface area contributed by atoms with Gasteiger partial charge in [0.2, 0.25) is 5.91 Å². The molecule has 1 aromatic heterocycles. The van der Waals surface area contributed by atoms with Gasteiger partial charge in [-0.1, -0.05) is 44.1 Å². The third-order valence-corrected chi connectivity index (χ3v) is 4.86. The summed E-state index contributed by atoms with van der Waals surface area (Å²) >= 11 is 0. The molecule has 1 aliphatic heterocycles. The number of rotatable bonds is 7. The second-order valence-corrected chi connectivity index (χ2v) is 6.77. The summed E-state index contributed by atoms with van der Waals surface area (Å²) in [5.74, 6) is -0.0228. The highest BCUT2D eigenvalue weighted by molar-refractivity contribution is 5.95. The minimum Gasteiger partial charge on any atom is -0.358 e. The van der Waals surface area contributed by atoms with Gasteiger partial charge in [0.15, 0.2) is 0 Å². The second-order valence-electron chi connectivity index (χ2n) is 6.77. The maximum absolute atomic E-state index is 12.9. The number of unbranched alkanes of at least 4 members (excludes halogenated alkanes) is 1. The SMILES string of the molecule is CCCC[C@@H]1C=CCN1C(=O)c1ccc(-c2cnn(CC(=O)NC)c2)cc1. The first kappa shape index (κ1) is 18.9. The minimum atomic E-state index is -0.0950. The Labute approximate surface area is 159 Å². The van der Waals surface area contributed by atoms with Crippen molar-refractivity contribution in [1.82, 2.24) is 20.0 Å². The van der Waals surface area contributed by atoms with E-state index in [1.807, 2.05) is 35.4 Å². The highest BCUT2D eigenvalue weighted by Gasteiger charge is 2.25. The monoisotopic (exact) mass is 366 g/mol. The number of aromatic nitrogens is 2. The third-order valence-electron chi connectivity index (χ3n) is 4.86. The van der Waals surface area contributed by atoms with Gasteiger partial charge in [-0.2, -0.15) is 5.10 Å². The van der Waals surface area contributed by atoms with Crippen LogP contribution in [0.2, 0.25) is 0 Å². The highest BCUT2D eigenvalue weighted by Crippen LogP contribution is 2.22. The van der Waals surface area contributed by atoms with E-state index in [4.69, 9.17) is 0 Å². The van der Waals surface area contributed by atoms with E-state index in [-0.39, 0.29) is 24.4 Å². The molecule has 1 N–H and O–H groups in total. The molecule has 0 aliphatic carbocycles. The van der Waals surface area contributed by atoms with Crippen LogP contribution in [-0.4, -0.2) is 46.1 Å². The maximum atomic E-state index is 12.9. The maximum Gasteiger partial charge on any atom is 0.254 e. The van der Waals surface area contributed by atoms with Crippen LogP contribution in [0, 0.1) is 0 Å². The molecular formula is C21H26N4O2. The molecule has 2 heterocycles. The quantitative estimate of drug-likeness (QED) is 0.766. The number of benzene rings is 1. The number of nitrogens with zero attached hydrogens (tertiary/aromatic N) is 3. The zero-order valence-electron chi connectivity index (χ0n) is 15.9. The molecule has 27 heavy (non-hydrogen) atoms. The van der Waals surface area contributed by atoms with Crippen molar-refractivity contribution in [1.29, 1.82) is 0 Å². The zero-order valence-corrected chi connectivity index (χ0v) is 15.9. The molecule has 142 valence electrons. The number of amides is 2. The molecule has 1 aliphatic rings. The summed E-state index contributed by atoms with van der Waals surface area (Å²) in [5.41, 5.74) is 2.58. The molecule has 3 rings (SSSR count). The fraction of sp³-hybridized carbons (Fsp3) is 0.381. The summed E-state index contributed by atoms with van der Waals surface area (Å²) in [6, 6.07) is 7.80. The van der Waals surface area contributed by atoms with E-state index >= 15 is 0 Å². The third kappa shape index (κ3) is 4.45. The Morgan fingerprint density at radius 2 is 2.00 bits per heavy atom. The van der Waals surface area contributed by atoms with Gasteiger partial charge in [-0.15, -0.1) is 0 Å². The number of carbonyl (C=O) groups is 2. The Morgan fingerprint density at radius 1 is 1.22 bits per heavy atom. The van der Waals surface area contributed by atoms with Crippen LogP contribution in [-0.2, 0) is 11.3 Å². The van der Waals surface area contributed by atoms with Crippen molar-refractivity contribution >= 4 is 11.8 Å². The van der Waals surface area contributed by atoms with Crippen molar-refractivity contribution in [3.8, 4) is 11.1 Å². The first-order valence-electron chi connectivity index (χ1n) is 9.43. The minimum absolute atomic E-state index is 0.0722. The van der Waals surface area contributed by atoms with E-state index < -0.39 is 0 Å². The number of hydrogen-bond acceptors (Lipinski definition) is 3. The Morgan fingerprint density at radius 3 is 2.70 bits per heavy atom. The van der Waals surface area contributed by atoms with Crippen molar-refractivity contribution in [3.05, 3.63) is 54.4 Å². The molecule has 0 saturated carbocycles. The number of nitrogens with one attached hydrogen (secondary N) is 1. The summed E-state index contributed by atoms with van der Waals surface area (Å²) in [4.78, 5) is 26.2. The lowest BCUT2D eigenvalue weighted by Crippen LogP contribution is -2.36. The number of likely N-dealkylation sites (N-methyl/N-ethyl adjacent to an activating group) is 1. The van der Waals surface area contributed by atoms with Gasteiger partial charge >= 0.3 is 0 Å². The van der Waals surface area contributed by atoms with Gasteiger partial charge in [0.05, 0.1) is 12.2 Å². The van der Waals surface area contributed by atoms with Crippen LogP contribution in [0.5, 0.6) is 0 Å². The molecule has 0 saturated heterocycles. The Balaban J connectivity index is 1.68. The smallest absolute Gasteiger partial charge is 0.254 e.